The van der Waals surface area contributed by atoms with Crippen LogP contribution in [0.3, 0.4) is 0 Å². The lowest BCUT2D eigenvalue weighted by Gasteiger charge is -2.03. The highest BCUT2D eigenvalue weighted by Gasteiger charge is 2.08. The third-order valence-electron chi connectivity index (χ3n) is 2.93. The number of ether oxygens (including phenoxy) is 1. The zero-order valence-corrected chi connectivity index (χ0v) is 11.4. The monoisotopic (exact) mass is 261 g/mol. The molecule has 0 N–H and O–H groups in total. The quantitative estimate of drug-likeness (QED) is 0.448. The van der Waals surface area contributed by atoms with E-state index >= 15 is 0 Å². The van der Waals surface area contributed by atoms with E-state index in [1.807, 2.05) is 0 Å². The molecule has 0 atom stereocenters. The summed E-state index contributed by atoms with van der Waals surface area (Å²) in [4.78, 5) is 15.8. The van der Waals surface area contributed by atoms with Crippen LogP contribution in [0, 0.1) is 6.92 Å². The number of hydrogen-bond donors (Lipinski definition) is 0. The molecule has 1 aromatic heterocycles. The van der Waals surface area contributed by atoms with E-state index in [0.717, 1.165) is 31.2 Å². The lowest BCUT2D eigenvalue weighted by atomic mass is 10.1. The van der Waals surface area contributed by atoms with E-state index in [2.05, 4.69) is 11.9 Å². The highest BCUT2D eigenvalue weighted by atomic mass is 16.5. The van der Waals surface area contributed by atoms with Gasteiger partial charge in [0.1, 0.15) is 11.3 Å². The predicted octanol–water partition coefficient (Wildman–Crippen LogP) is 4.01. The molecule has 0 radical (unpaired) electrons. The lowest BCUT2D eigenvalue weighted by Crippen LogP contribution is -2.07. The van der Waals surface area contributed by atoms with Crippen molar-refractivity contribution >= 4 is 17.1 Å². The first-order valence-electron chi connectivity index (χ1n) is 6.77. The molecule has 0 amide bonds. The van der Waals surface area contributed by atoms with Crippen molar-refractivity contribution < 1.29 is 13.9 Å². The van der Waals surface area contributed by atoms with Gasteiger partial charge >= 0.3 is 5.97 Å². The van der Waals surface area contributed by atoms with E-state index < -0.39 is 0 Å². The Hall–Kier alpha value is -1.84. The van der Waals surface area contributed by atoms with Gasteiger partial charge in [0.05, 0.1) is 0 Å². The van der Waals surface area contributed by atoms with Crippen LogP contribution in [0.1, 0.15) is 44.9 Å². The van der Waals surface area contributed by atoms with Crippen LogP contribution in [0.15, 0.2) is 22.6 Å². The average molecular weight is 261 g/mol. The minimum atomic E-state index is -0.188. The molecule has 0 aliphatic carbocycles. The summed E-state index contributed by atoms with van der Waals surface area (Å²) in [5, 5.41) is 0. The zero-order chi connectivity index (χ0) is 13.7. The van der Waals surface area contributed by atoms with E-state index in [1.54, 1.807) is 25.1 Å². The van der Waals surface area contributed by atoms with Crippen molar-refractivity contribution in [1.82, 2.24) is 4.98 Å². The standard InChI is InChI=1S/C15H19NO3/c1-3-4-5-6-7-15(17)19-12-8-9-13-14(10-12)18-11(2)16-13/h8-10H,3-7H2,1-2H3. The number of benzene rings is 1. The molecule has 0 spiro atoms. The molecule has 2 rings (SSSR count). The molecule has 102 valence electrons. The average Bonchev–Trinajstić information content (AvgIpc) is 2.74. The van der Waals surface area contributed by atoms with E-state index in [1.165, 1.54) is 0 Å². The molecule has 2 aromatic rings. The first-order chi connectivity index (χ1) is 9.19. The first-order valence-corrected chi connectivity index (χ1v) is 6.77. The fourth-order valence-corrected chi connectivity index (χ4v) is 1.96. The number of nitrogens with zero attached hydrogens (tertiary/aromatic N) is 1. The van der Waals surface area contributed by atoms with E-state index in [-0.39, 0.29) is 5.97 Å². The van der Waals surface area contributed by atoms with Crippen molar-refractivity contribution in [1.29, 1.82) is 0 Å². The normalized spacial score (nSPS) is 10.8. The second-order valence-corrected chi connectivity index (χ2v) is 4.65. The second kappa shape index (κ2) is 6.36. The SMILES string of the molecule is CCCCCCC(=O)Oc1ccc2nc(C)oc2c1. The predicted molar refractivity (Wildman–Crippen MR) is 73.1 cm³/mol. The molecule has 4 nitrogen and oxygen atoms in total. The van der Waals surface area contributed by atoms with Crippen LogP contribution < -0.4 is 4.74 Å². The molecule has 1 aromatic carbocycles. The van der Waals surface area contributed by atoms with Crippen molar-refractivity contribution in [2.75, 3.05) is 0 Å². The number of aryl methyl sites for hydroxylation is 1. The molecule has 0 aliphatic heterocycles. The van der Waals surface area contributed by atoms with Gasteiger partial charge in [-0.25, -0.2) is 4.98 Å². The van der Waals surface area contributed by atoms with Crippen molar-refractivity contribution in [2.45, 2.75) is 46.0 Å². The van der Waals surface area contributed by atoms with Gasteiger partial charge in [-0.15, -0.1) is 0 Å². The lowest BCUT2D eigenvalue weighted by molar-refractivity contribution is -0.134. The summed E-state index contributed by atoms with van der Waals surface area (Å²) in [6.07, 6.45) is 4.75. The number of carbonyl (C=O) groups excluding carboxylic acids is 1. The number of rotatable bonds is 6. The molecule has 4 heteroatoms. The Morgan fingerprint density at radius 2 is 2.16 bits per heavy atom. The highest BCUT2D eigenvalue weighted by molar-refractivity contribution is 5.77. The molecular formula is C15H19NO3. The summed E-state index contributed by atoms with van der Waals surface area (Å²) in [6, 6.07) is 5.25. The number of esters is 1. The molecule has 0 fully saturated rings. The molecule has 0 saturated heterocycles. The largest absolute Gasteiger partial charge is 0.441 e. The van der Waals surface area contributed by atoms with Crippen LogP contribution in [0.25, 0.3) is 11.1 Å². The Balaban J connectivity index is 1.91. The molecule has 0 saturated carbocycles. The maximum atomic E-state index is 11.6. The smallest absolute Gasteiger partial charge is 0.311 e. The van der Waals surface area contributed by atoms with Gasteiger partial charge in [-0.1, -0.05) is 26.2 Å². The van der Waals surface area contributed by atoms with E-state index in [0.29, 0.717) is 23.6 Å². The fraction of sp³-hybridized carbons (Fsp3) is 0.467. The number of unbranched alkanes of at least 4 members (excludes halogenated alkanes) is 3. The van der Waals surface area contributed by atoms with Crippen LogP contribution in [-0.4, -0.2) is 11.0 Å². The van der Waals surface area contributed by atoms with Crippen LogP contribution in [0.5, 0.6) is 5.75 Å². The number of oxazole rings is 1. The summed E-state index contributed by atoms with van der Waals surface area (Å²) >= 11 is 0. The summed E-state index contributed by atoms with van der Waals surface area (Å²) in [6.45, 7) is 3.94. The molecular weight excluding hydrogens is 242 g/mol. The van der Waals surface area contributed by atoms with Crippen molar-refractivity contribution in [3.63, 3.8) is 0 Å². The molecule has 1 heterocycles. The minimum Gasteiger partial charge on any atom is -0.441 e. The highest BCUT2D eigenvalue weighted by Crippen LogP contribution is 2.21. The van der Waals surface area contributed by atoms with Crippen molar-refractivity contribution in [3.8, 4) is 5.75 Å². The summed E-state index contributed by atoms with van der Waals surface area (Å²) in [5.74, 6) is 0.939. The first kappa shape index (κ1) is 13.6. The maximum absolute atomic E-state index is 11.6. The Morgan fingerprint density at radius 3 is 2.95 bits per heavy atom. The topological polar surface area (TPSA) is 52.3 Å². The van der Waals surface area contributed by atoms with Crippen molar-refractivity contribution in [3.05, 3.63) is 24.1 Å². The summed E-state index contributed by atoms with van der Waals surface area (Å²) < 4.78 is 10.7. The third-order valence-corrected chi connectivity index (χ3v) is 2.93. The Morgan fingerprint density at radius 1 is 1.32 bits per heavy atom. The van der Waals surface area contributed by atoms with Crippen LogP contribution in [0.4, 0.5) is 0 Å². The second-order valence-electron chi connectivity index (χ2n) is 4.65. The van der Waals surface area contributed by atoms with Gasteiger partial charge in [-0.3, -0.25) is 4.79 Å². The Kier molecular flexibility index (Phi) is 4.55. The van der Waals surface area contributed by atoms with Gasteiger partial charge in [-0.2, -0.15) is 0 Å². The zero-order valence-electron chi connectivity index (χ0n) is 11.4. The van der Waals surface area contributed by atoms with Gasteiger partial charge in [0.2, 0.25) is 0 Å². The Labute approximate surface area is 112 Å². The maximum Gasteiger partial charge on any atom is 0.311 e. The molecule has 0 aliphatic rings. The van der Waals surface area contributed by atoms with E-state index in [9.17, 15) is 4.79 Å². The molecule has 0 bridgehead atoms. The molecule has 19 heavy (non-hydrogen) atoms. The van der Waals surface area contributed by atoms with Gasteiger partial charge in [0.25, 0.3) is 0 Å². The minimum absolute atomic E-state index is 0.188. The van der Waals surface area contributed by atoms with Crippen LogP contribution >= 0.6 is 0 Å². The van der Waals surface area contributed by atoms with Gasteiger partial charge in [-0.05, 0) is 18.6 Å². The van der Waals surface area contributed by atoms with Gasteiger partial charge < -0.3 is 9.15 Å². The molecule has 0 unspecified atom stereocenters. The third kappa shape index (κ3) is 3.81. The number of hydrogen-bond acceptors (Lipinski definition) is 4. The van der Waals surface area contributed by atoms with E-state index in [4.69, 9.17) is 9.15 Å². The van der Waals surface area contributed by atoms with Crippen molar-refractivity contribution in [2.24, 2.45) is 0 Å². The van der Waals surface area contributed by atoms with Gasteiger partial charge in [0, 0.05) is 19.4 Å². The Bertz CT molecular complexity index is 560. The summed E-state index contributed by atoms with van der Waals surface area (Å²) in [7, 11) is 0. The number of carbonyl (C=O) groups is 1. The van der Waals surface area contributed by atoms with Crippen LogP contribution in [-0.2, 0) is 4.79 Å². The van der Waals surface area contributed by atoms with Gasteiger partial charge in [0.15, 0.2) is 11.5 Å². The fourth-order valence-electron chi connectivity index (χ4n) is 1.96. The number of aromatic nitrogens is 1. The van der Waals surface area contributed by atoms with Crippen LogP contribution in [0.2, 0.25) is 0 Å². The number of fused-ring (bicyclic) bond motifs is 1. The summed E-state index contributed by atoms with van der Waals surface area (Å²) in [5.41, 5.74) is 1.43.